The summed E-state index contributed by atoms with van der Waals surface area (Å²) < 4.78 is 0. The third-order valence-corrected chi connectivity index (χ3v) is 3.43. The summed E-state index contributed by atoms with van der Waals surface area (Å²) in [6.45, 7) is 15.1. The van der Waals surface area contributed by atoms with Gasteiger partial charge in [-0.1, -0.05) is 27.7 Å². The van der Waals surface area contributed by atoms with Crippen LogP contribution >= 0.6 is 0 Å². The van der Waals surface area contributed by atoms with Crippen LogP contribution in [0.5, 0.6) is 0 Å². The van der Waals surface area contributed by atoms with E-state index in [4.69, 9.17) is 0 Å². The van der Waals surface area contributed by atoms with Crippen LogP contribution in [-0.4, -0.2) is 36.1 Å². The van der Waals surface area contributed by atoms with Crippen LogP contribution < -0.4 is 9.80 Å². The molecule has 1 aromatic rings. The second kappa shape index (κ2) is 9.59. The lowest BCUT2D eigenvalue weighted by Gasteiger charge is -2.27. The van der Waals surface area contributed by atoms with Crippen molar-refractivity contribution in [3.8, 4) is 0 Å². The second-order valence-electron chi connectivity index (χ2n) is 5.61. The smallest absolute Gasteiger partial charge is 0.134 e. The van der Waals surface area contributed by atoms with Crippen LogP contribution in [0.2, 0.25) is 0 Å². The number of nitrogens with zero attached hydrogens (tertiary/aromatic N) is 4. The third kappa shape index (κ3) is 5.52. The highest BCUT2D eigenvalue weighted by Gasteiger charge is 2.13. The zero-order chi connectivity index (χ0) is 15.7. The number of aromatic nitrogens is 2. The molecule has 0 bridgehead atoms. The molecule has 0 amide bonds. The molecule has 0 N–H and O–H groups in total. The fourth-order valence-electron chi connectivity index (χ4n) is 2.62. The molecule has 0 aliphatic heterocycles. The quantitative estimate of drug-likeness (QED) is 0.651. The largest absolute Gasteiger partial charge is 0.356 e. The second-order valence-corrected chi connectivity index (χ2v) is 5.61. The van der Waals surface area contributed by atoms with Crippen LogP contribution in [-0.2, 0) is 0 Å². The summed E-state index contributed by atoms with van der Waals surface area (Å²) in [5.41, 5.74) is 0. The standard InChI is InChI=1S/C17H32N4/c1-6-10-20(11-7-2)16-14-17(19-15(5)18-16)21(12-8-3)13-9-4/h14H,6-13H2,1-5H3. The molecule has 1 rings (SSSR count). The maximum atomic E-state index is 4.66. The van der Waals surface area contributed by atoms with Crippen molar-refractivity contribution < 1.29 is 0 Å². The summed E-state index contributed by atoms with van der Waals surface area (Å²) in [6.07, 6.45) is 4.58. The molecule has 120 valence electrons. The normalized spacial score (nSPS) is 10.7. The Hall–Kier alpha value is -1.32. The van der Waals surface area contributed by atoms with Crippen LogP contribution in [0.3, 0.4) is 0 Å². The van der Waals surface area contributed by atoms with Crippen LogP contribution in [0.4, 0.5) is 11.6 Å². The van der Waals surface area contributed by atoms with Crippen molar-refractivity contribution >= 4 is 11.6 Å². The minimum Gasteiger partial charge on any atom is -0.356 e. The molecule has 0 spiro atoms. The minimum absolute atomic E-state index is 0.872. The minimum atomic E-state index is 0.872. The van der Waals surface area contributed by atoms with Crippen LogP contribution in [0.1, 0.15) is 59.2 Å². The van der Waals surface area contributed by atoms with Crippen molar-refractivity contribution in [1.29, 1.82) is 0 Å². The van der Waals surface area contributed by atoms with E-state index >= 15 is 0 Å². The van der Waals surface area contributed by atoms with Crippen molar-refractivity contribution in [3.63, 3.8) is 0 Å². The van der Waals surface area contributed by atoms with Gasteiger partial charge >= 0.3 is 0 Å². The van der Waals surface area contributed by atoms with E-state index in [0.717, 1.165) is 69.3 Å². The van der Waals surface area contributed by atoms with Gasteiger partial charge in [-0.05, 0) is 32.6 Å². The van der Waals surface area contributed by atoms with Crippen molar-refractivity contribution in [2.75, 3.05) is 36.0 Å². The first-order chi connectivity index (χ1) is 10.2. The molecule has 1 aromatic heterocycles. The highest BCUT2D eigenvalue weighted by molar-refractivity contribution is 5.51. The van der Waals surface area contributed by atoms with Gasteiger partial charge in [-0.2, -0.15) is 0 Å². The van der Waals surface area contributed by atoms with Gasteiger partial charge in [0.15, 0.2) is 0 Å². The Labute approximate surface area is 130 Å². The Morgan fingerprint density at radius 2 is 1.05 bits per heavy atom. The monoisotopic (exact) mass is 292 g/mol. The van der Waals surface area contributed by atoms with Crippen LogP contribution in [0.25, 0.3) is 0 Å². The Morgan fingerprint density at radius 1 is 0.714 bits per heavy atom. The van der Waals surface area contributed by atoms with Gasteiger partial charge in [-0.15, -0.1) is 0 Å². The topological polar surface area (TPSA) is 32.3 Å². The van der Waals surface area contributed by atoms with E-state index in [0.29, 0.717) is 0 Å². The lowest BCUT2D eigenvalue weighted by Crippen LogP contribution is -2.29. The SMILES string of the molecule is CCCN(CCC)c1cc(N(CCC)CCC)nc(C)n1. The van der Waals surface area contributed by atoms with Crippen molar-refractivity contribution in [1.82, 2.24) is 9.97 Å². The molecule has 0 saturated carbocycles. The highest BCUT2D eigenvalue weighted by Crippen LogP contribution is 2.20. The lowest BCUT2D eigenvalue weighted by atomic mass is 10.3. The fraction of sp³-hybridized carbons (Fsp3) is 0.765. The Kier molecular flexibility index (Phi) is 8.09. The van der Waals surface area contributed by atoms with Gasteiger partial charge < -0.3 is 9.80 Å². The molecule has 21 heavy (non-hydrogen) atoms. The Morgan fingerprint density at radius 3 is 1.33 bits per heavy atom. The van der Waals surface area contributed by atoms with Crippen LogP contribution in [0.15, 0.2) is 6.07 Å². The summed E-state index contributed by atoms with van der Waals surface area (Å²) in [4.78, 5) is 14.1. The van der Waals surface area contributed by atoms with Gasteiger partial charge in [0.05, 0.1) is 0 Å². The van der Waals surface area contributed by atoms with Gasteiger partial charge in [-0.25, -0.2) is 9.97 Å². The summed E-state index contributed by atoms with van der Waals surface area (Å²) in [7, 11) is 0. The first-order valence-corrected chi connectivity index (χ1v) is 8.51. The van der Waals surface area contributed by atoms with E-state index in [9.17, 15) is 0 Å². The van der Waals surface area contributed by atoms with Gasteiger partial charge in [0.2, 0.25) is 0 Å². The molecule has 0 saturated heterocycles. The van der Waals surface area contributed by atoms with Crippen molar-refractivity contribution in [2.45, 2.75) is 60.3 Å². The van der Waals surface area contributed by atoms with E-state index in [1.165, 1.54) is 0 Å². The van der Waals surface area contributed by atoms with E-state index in [1.807, 2.05) is 6.92 Å². The molecule has 4 heteroatoms. The summed E-state index contributed by atoms with van der Waals surface area (Å²) in [5.74, 6) is 3.04. The van der Waals surface area contributed by atoms with Gasteiger partial charge in [0.1, 0.15) is 17.5 Å². The molecule has 0 aliphatic carbocycles. The number of rotatable bonds is 10. The van der Waals surface area contributed by atoms with Crippen molar-refractivity contribution in [2.24, 2.45) is 0 Å². The Balaban J connectivity index is 3.05. The number of hydrogen-bond donors (Lipinski definition) is 0. The lowest BCUT2D eigenvalue weighted by molar-refractivity contribution is 0.714. The third-order valence-electron chi connectivity index (χ3n) is 3.43. The molecular formula is C17H32N4. The zero-order valence-corrected chi connectivity index (χ0v) is 14.5. The molecular weight excluding hydrogens is 260 g/mol. The molecule has 0 aliphatic rings. The summed E-state index contributed by atoms with van der Waals surface area (Å²) in [5, 5.41) is 0. The molecule has 4 nitrogen and oxygen atoms in total. The van der Waals surface area contributed by atoms with E-state index in [-0.39, 0.29) is 0 Å². The number of anilines is 2. The predicted molar refractivity (Wildman–Crippen MR) is 92.4 cm³/mol. The van der Waals surface area contributed by atoms with Gasteiger partial charge in [0, 0.05) is 32.2 Å². The zero-order valence-electron chi connectivity index (χ0n) is 14.5. The molecule has 0 unspecified atom stereocenters. The molecule has 1 heterocycles. The molecule has 0 fully saturated rings. The predicted octanol–water partition coefficient (Wildman–Crippen LogP) is 4.04. The number of aryl methyl sites for hydroxylation is 1. The molecule has 0 radical (unpaired) electrons. The van der Waals surface area contributed by atoms with E-state index in [2.05, 4.69) is 53.5 Å². The van der Waals surface area contributed by atoms with Gasteiger partial charge in [-0.3, -0.25) is 0 Å². The van der Waals surface area contributed by atoms with E-state index < -0.39 is 0 Å². The van der Waals surface area contributed by atoms with Crippen LogP contribution in [0, 0.1) is 6.92 Å². The maximum absolute atomic E-state index is 4.66. The number of hydrogen-bond acceptors (Lipinski definition) is 4. The van der Waals surface area contributed by atoms with E-state index in [1.54, 1.807) is 0 Å². The summed E-state index contributed by atoms with van der Waals surface area (Å²) in [6, 6.07) is 2.17. The first-order valence-electron chi connectivity index (χ1n) is 8.51. The van der Waals surface area contributed by atoms with Gasteiger partial charge in [0.25, 0.3) is 0 Å². The summed E-state index contributed by atoms with van der Waals surface area (Å²) >= 11 is 0. The fourth-order valence-corrected chi connectivity index (χ4v) is 2.62. The average molecular weight is 292 g/mol. The maximum Gasteiger partial charge on any atom is 0.134 e. The molecule has 0 aromatic carbocycles. The average Bonchev–Trinajstić information content (AvgIpc) is 2.46. The highest BCUT2D eigenvalue weighted by atomic mass is 15.2. The molecule has 0 atom stereocenters. The van der Waals surface area contributed by atoms with Crippen molar-refractivity contribution in [3.05, 3.63) is 11.9 Å². The Bertz CT molecular complexity index is 360. The first kappa shape index (κ1) is 17.7.